The molecule has 0 radical (unpaired) electrons. The lowest BCUT2D eigenvalue weighted by atomic mass is 9.88. The van der Waals surface area contributed by atoms with E-state index in [9.17, 15) is 0 Å². The van der Waals surface area contributed by atoms with Gasteiger partial charge in [-0.25, -0.2) is 4.98 Å². The van der Waals surface area contributed by atoms with Crippen LogP contribution in [0.15, 0.2) is 6.07 Å². The molecule has 1 rings (SSSR count). The Kier molecular flexibility index (Phi) is 6.02. The molecule has 5 nitrogen and oxygen atoms in total. The molecule has 0 amide bonds. The monoisotopic (exact) mass is 266 g/mol. The highest BCUT2D eigenvalue weighted by Crippen LogP contribution is 2.23. The molecular formula is C14H26N4O. The van der Waals surface area contributed by atoms with Crippen molar-refractivity contribution >= 4 is 5.82 Å². The van der Waals surface area contributed by atoms with E-state index in [1.54, 1.807) is 0 Å². The number of hydrogen-bond acceptors (Lipinski definition) is 5. The second-order valence-corrected chi connectivity index (χ2v) is 5.48. The van der Waals surface area contributed by atoms with E-state index >= 15 is 0 Å². The van der Waals surface area contributed by atoms with Crippen molar-refractivity contribution < 1.29 is 4.74 Å². The molecule has 1 aromatic rings. The summed E-state index contributed by atoms with van der Waals surface area (Å²) in [7, 11) is 0. The molecule has 0 aliphatic heterocycles. The minimum Gasteiger partial charge on any atom is -0.478 e. The van der Waals surface area contributed by atoms with Crippen LogP contribution < -0.4 is 15.8 Å². The molecule has 0 aromatic carbocycles. The Morgan fingerprint density at radius 3 is 2.74 bits per heavy atom. The highest BCUT2D eigenvalue weighted by molar-refractivity contribution is 5.38. The Balaban J connectivity index is 2.61. The number of nitrogens with zero attached hydrogens (tertiary/aromatic N) is 2. The van der Waals surface area contributed by atoms with Crippen molar-refractivity contribution in [1.29, 1.82) is 0 Å². The van der Waals surface area contributed by atoms with Gasteiger partial charge < -0.3 is 15.8 Å². The topological polar surface area (TPSA) is 73.1 Å². The van der Waals surface area contributed by atoms with E-state index in [1.165, 1.54) is 0 Å². The van der Waals surface area contributed by atoms with Crippen molar-refractivity contribution in [3.05, 3.63) is 11.9 Å². The van der Waals surface area contributed by atoms with Crippen LogP contribution >= 0.6 is 0 Å². The van der Waals surface area contributed by atoms with Crippen molar-refractivity contribution in [2.24, 2.45) is 11.1 Å². The summed E-state index contributed by atoms with van der Waals surface area (Å²) in [6.07, 6.45) is 2.14. The zero-order valence-corrected chi connectivity index (χ0v) is 12.5. The van der Waals surface area contributed by atoms with Crippen LogP contribution in [0.4, 0.5) is 5.82 Å². The fourth-order valence-electron chi connectivity index (χ4n) is 1.85. The van der Waals surface area contributed by atoms with Gasteiger partial charge in [-0.1, -0.05) is 13.8 Å². The van der Waals surface area contributed by atoms with Gasteiger partial charge in [0.1, 0.15) is 11.6 Å². The van der Waals surface area contributed by atoms with E-state index in [2.05, 4.69) is 29.1 Å². The van der Waals surface area contributed by atoms with Crippen LogP contribution in [-0.2, 0) is 0 Å². The molecule has 108 valence electrons. The highest BCUT2D eigenvalue weighted by atomic mass is 16.5. The summed E-state index contributed by atoms with van der Waals surface area (Å²) < 4.78 is 5.42. The number of anilines is 1. The summed E-state index contributed by atoms with van der Waals surface area (Å²) in [5.41, 5.74) is 5.76. The van der Waals surface area contributed by atoms with Gasteiger partial charge in [-0.2, -0.15) is 4.98 Å². The molecule has 1 heterocycles. The molecule has 3 N–H and O–H groups in total. The molecular weight excluding hydrogens is 240 g/mol. The lowest BCUT2D eigenvalue weighted by molar-refractivity contribution is 0.325. The fraction of sp³-hybridized carbons (Fsp3) is 0.714. The molecule has 0 unspecified atom stereocenters. The summed E-state index contributed by atoms with van der Waals surface area (Å²) in [6.45, 7) is 10.5. The first kappa shape index (κ1) is 15.7. The number of rotatable bonds is 8. The van der Waals surface area contributed by atoms with Crippen molar-refractivity contribution in [3.8, 4) is 5.88 Å². The van der Waals surface area contributed by atoms with Crippen molar-refractivity contribution in [3.63, 3.8) is 0 Å². The summed E-state index contributed by atoms with van der Waals surface area (Å²) in [5.74, 6) is 2.15. The molecule has 0 bridgehead atoms. The van der Waals surface area contributed by atoms with Crippen LogP contribution in [0, 0.1) is 12.3 Å². The number of hydrogen-bond donors (Lipinski definition) is 2. The third-order valence-electron chi connectivity index (χ3n) is 2.91. The molecule has 0 atom stereocenters. The van der Waals surface area contributed by atoms with Gasteiger partial charge in [-0.15, -0.1) is 0 Å². The van der Waals surface area contributed by atoms with E-state index in [0.717, 1.165) is 31.7 Å². The Labute approximate surface area is 116 Å². The van der Waals surface area contributed by atoms with Crippen LogP contribution in [0.25, 0.3) is 0 Å². The Morgan fingerprint density at radius 1 is 1.37 bits per heavy atom. The fourth-order valence-corrected chi connectivity index (χ4v) is 1.85. The molecule has 0 spiro atoms. The Morgan fingerprint density at radius 2 is 2.11 bits per heavy atom. The van der Waals surface area contributed by atoms with Gasteiger partial charge in [0, 0.05) is 12.6 Å². The first-order chi connectivity index (χ1) is 8.96. The van der Waals surface area contributed by atoms with E-state index in [-0.39, 0.29) is 5.41 Å². The maximum atomic E-state index is 5.56. The quantitative estimate of drug-likeness (QED) is 0.755. The highest BCUT2D eigenvalue weighted by Gasteiger charge is 2.17. The molecule has 0 aliphatic rings. The Bertz CT molecular complexity index is 393. The van der Waals surface area contributed by atoms with Crippen LogP contribution in [0.1, 0.15) is 39.4 Å². The minimum atomic E-state index is 0.198. The van der Waals surface area contributed by atoms with Crippen molar-refractivity contribution in [1.82, 2.24) is 9.97 Å². The number of ether oxygens (including phenoxy) is 1. The average molecular weight is 266 g/mol. The molecule has 1 aromatic heterocycles. The van der Waals surface area contributed by atoms with Gasteiger partial charge in [0.25, 0.3) is 0 Å². The summed E-state index contributed by atoms with van der Waals surface area (Å²) in [5, 5.41) is 3.36. The molecule has 0 saturated heterocycles. The largest absolute Gasteiger partial charge is 0.478 e. The van der Waals surface area contributed by atoms with Crippen LogP contribution in [0.5, 0.6) is 5.88 Å². The smallest absolute Gasteiger partial charge is 0.218 e. The summed E-state index contributed by atoms with van der Waals surface area (Å²) in [4.78, 5) is 8.60. The first-order valence-electron chi connectivity index (χ1n) is 6.89. The normalized spacial score (nSPS) is 11.4. The van der Waals surface area contributed by atoms with Crippen LogP contribution in [0.2, 0.25) is 0 Å². The standard InChI is InChI=1S/C14H26N4O/c1-5-19-13-9-12(17-11(2)18-13)16-10-14(3,4)7-6-8-15/h9H,5-8,10,15H2,1-4H3,(H,16,17,18). The first-order valence-corrected chi connectivity index (χ1v) is 6.89. The van der Waals surface area contributed by atoms with Gasteiger partial charge in [-0.3, -0.25) is 0 Å². The van der Waals surface area contributed by atoms with E-state index in [1.807, 2.05) is 19.9 Å². The molecule has 0 aliphatic carbocycles. The van der Waals surface area contributed by atoms with Crippen LogP contribution in [0.3, 0.4) is 0 Å². The predicted molar refractivity (Wildman–Crippen MR) is 78.5 cm³/mol. The second-order valence-electron chi connectivity index (χ2n) is 5.48. The maximum Gasteiger partial charge on any atom is 0.218 e. The van der Waals surface area contributed by atoms with Gasteiger partial charge >= 0.3 is 0 Å². The SMILES string of the molecule is CCOc1cc(NCC(C)(C)CCCN)nc(C)n1. The second kappa shape index (κ2) is 7.28. The molecule has 5 heteroatoms. The minimum absolute atomic E-state index is 0.198. The molecule has 0 saturated carbocycles. The third kappa shape index (κ3) is 5.87. The number of nitrogens with one attached hydrogen (secondary N) is 1. The van der Waals surface area contributed by atoms with Gasteiger partial charge in [-0.05, 0) is 38.6 Å². The van der Waals surface area contributed by atoms with Gasteiger partial charge in [0.2, 0.25) is 5.88 Å². The average Bonchev–Trinajstić information content (AvgIpc) is 2.34. The zero-order chi connectivity index (χ0) is 14.3. The maximum absolute atomic E-state index is 5.56. The van der Waals surface area contributed by atoms with E-state index in [0.29, 0.717) is 18.3 Å². The number of aromatic nitrogens is 2. The summed E-state index contributed by atoms with van der Waals surface area (Å²) >= 11 is 0. The van der Waals surface area contributed by atoms with Gasteiger partial charge in [0.15, 0.2) is 0 Å². The van der Waals surface area contributed by atoms with E-state index in [4.69, 9.17) is 10.5 Å². The Hall–Kier alpha value is -1.36. The lowest BCUT2D eigenvalue weighted by Crippen LogP contribution is -2.24. The zero-order valence-electron chi connectivity index (χ0n) is 12.5. The molecule has 19 heavy (non-hydrogen) atoms. The number of aryl methyl sites for hydroxylation is 1. The third-order valence-corrected chi connectivity index (χ3v) is 2.91. The van der Waals surface area contributed by atoms with Crippen LogP contribution in [-0.4, -0.2) is 29.7 Å². The number of nitrogens with two attached hydrogens (primary N) is 1. The lowest BCUT2D eigenvalue weighted by Gasteiger charge is -2.25. The van der Waals surface area contributed by atoms with Crippen molar-refractivity contribution in [2.45, 2.75) is 40.5 Å². The van der Waals surface area contributed by atoms with Crippen molar-refractivity contribution in [2.75, 3.05) is 25.0 Å². The molecule has 0 fully saturated rings. The predicted octanol–water partition coefficient (Wildman–Crippen LogP) is 2.36. The summed E-state index contributed by atoms with van der Waals surface area (Å²) in [6, 6.07) is 1.84. The van der Waals surface area contributed by atoms with Gasteiger partial charge in [0.05, 0.1) is 6.61 Å². The van der Waals surface area contributed by atoms with E-state index < -0.39 is 0 Å².